The van der Waals surface area contributed by atoms with Crippen molar-refractivity contribution >= 4 is 11.7 Å². The second-order valence-electron chi connectivity index (χ2n) is 8.67. The summed E-state index contributed by atoms with van der Waals surface area (Å²) < 4.78 is 78.8. The Hall–Kier alpha value is -2.52. The topological polar surface area (TPSA) is 46.9 Å². The molecule has 4 nitrogen and oxygen atoms in total. The van der Waals surface area contributed by atoms with Gasteiger partial charge in [0.1, 0.15) is 12.4 Å². The number of aromatic nitrogens is 2. The van der Waals surface area contributed by atoms with Crippen molar-refractivity contribution in [3.05, 3.63) is 47.2 Å². The zero-order valence-corrected chi connectivity index (χ0v) is 17.1. The van der Waals surface area contributed by atoms with Crippen molar-refractivity contribution in [3.63, 3.8) is 0 Å². The van der Waals surface area contributed by atoms with Crippen molar-refractivity contribution in [1.29, 1.82) is 0 Å². The third kappa shape index (κ3) is 4.94. The molecule has 10 heteroatoms. The van der Waals surface area contributed by atoms with E-state index < -0.39 is 36.6 Å². The van der Waals surface area contributed by atoms with Gasteiger partial charge in [0, 0.05) is 17.9 Å². The van der Waals surface area contributed by atoms with Crippen LogP contribution in [-0.4, -0.2) is 28.0 Å². The molecule has 2 aliphatic rings. The minimum atomic E-state index is -4.57. The number of benzene rings is 1. The summed E-state index contributed by atoms with van der Waals surface area (Å²) in [4.78, 5) is 12.6. The first kappa shape index (κ1) is 22.7. The van der Waals surface area contributed by atoms with Crippen molar-refractivity contribution < 1.29 is 31.1 Å². The van der Waals surface area contributed by atoms with Gasteiger partial charge in [-0.1, -0.05) is 36.8 Å². The fourth-order valence-corrected chi connectivity index (χ4v) is 4.31. The third-order valence-electron chi connectivity index (χ3n) is 6.34. The summed E-state index contributed by atoms with van der Waals surface area (Å²) in [5, 5.41) is 6.73. The predicted molar refractivity (Wildman–Crippen MR) is 105 cm³/mol. The standard InChI is InChI=1S/C22H23F6N3O/c23-21(24,25)12-31-19(29-20(32)15-10-16(11-15)22(26,27)28)18(14-7-4-8-14)17(30-31)9-13-5-2-1-3-6-13/h1-3,5-6,14-16H,4,7-12H2,(H,29,32). The van der Waals surface area contributed by atoms with Gasteiger partial charge in [0.05, 0.1) is 11.6 Å². The highest BCUT2D eigenvalue weighted by atomic mass is 19.4. The average molecular weight is 459 g/mol. The van der Waals surface area contributed by atoms with Gasteiger partial charge in [0.2, 0.25) is 5.91 Å². The average Bonchev–Trinajstić information content (AvgIpc) is 2.87. The minimum absolute atomic E-state index is 0.0292. The summed E-state index contributed by atoms with van der Waals surface area (Å²) in [5.74, 6) is -3.16. The molecule has 1 aromatic heterocycles. The minimum Gasteiger partial charge on any atom is -0.310 e. The Morgan fingerprint density at radius 2 is 1.72 bits per heavy atom. The van der Waals surface area contributed by atoms with E-state index in [1.165, 1.54) is 0 Å². The SMILES string of the molecule is O=C(Nc1c(C2CCC2)c(Cc2ccccc2)nn1CC(F)(F)F)C1CC(C(F)(F)F)C1. The molecule has 0 saturated heterocycles. The first-order chi connectivity index (χ1) is 15.0. The Balaban J connectivity index is 1.63. The van der Waals surface area contributed by atoms with Crippen LogP contribution in [0.5, 0.6) is 0 Å². The van der Waals surface area contributed by atoms with E-state index in [2.05, 4.69) is 10.4 Å². The number of nitrogens with zero attached hydrogens (tertiary/aromatic N) is 2. The van der Waals surface area contributed by atoms with Gasteiger partial charge >= 0.3 is 12.4 Å². The molecule has 0 unspecified atom stereocenters. The van der Waals surface area contributed by atoms with Crippen molar-refractivity contribution in [3.8, 4) is 0 Å². The Labute approximate surface area is 181 Å². The first-order valence-electron chi connectivity index (χ1n) is 10.6. The molecule has 174 valence electrons. The van der Waals surface area contributed by atoms with Gasteiger partial charge in [-0.3, -0.25) is 4.79 Å². The number of hydrogen-bond donors (Lipinski definition) is 1. The molecule has 0 radical (unpaired) electrons. The summed E-state index contributed by atoms with van der Waals surface area (Å²) in [5.41, 5.74) is 1.90. The van der Waals surface area contributed by atoms with Crippen molar-refractivity contribution in [2.75, 3.05) is 5.32 Å². The van der Waals surface area contributed by atoms with E-state index in [9.17, 15) is 31.1 Å². The van der Waals surface area contributed by atoms with Crippen LogP contribution in [0.15, 0.2) is 30.3 Å². The van der Waals surface area contributed by atoms with E-state index in [1.54, 1.807) is 0 Å². The zero-order valence-electron chi connectivity index (χ0n) is 17.1. The lowest BCUT2D eigenvalue weighted by Gasteiger charge is -2.35. The number of hydrogen-bond acceptors (Lipinski definition) is 2. The number of carbonyl (C=O) groups is 1. The molecule has 2 saturated carbocycles. The van der Waals surface area contributed by atoms with Crippen LogP contribution in [0.1, 0.15) is 54.8 Å². The molecule has 0 aliphatic heterocycles. The molecule has 32 heavy (non-hydrogen) atoms. The van der Waals surface area contributed by atoms with Gasteiger partial charge < -0.3 is 5.32 Å². The zero-order chi connectivity index (χ0) is 23.1. The fraction of sp³-hybridized carbons (Fsp3) is 0.545. The van der Waals surface area contributed by atoms with Crippen LogP contribution < -0.4 is 5.32 Å². The molecule has 4 rings (SSSR count). The quantitative estimate of drug-likeness (QED) is 0.553. The molecule has 2 aromatic rings. The van der Waals surface area contributed by atoms with E-state index in [4.69, 9.17) is 0 Å². The summed E-state index contributed by atoms with van der Waals surface area (Å²) in [6.45, 7) is -1.38. The monoisotopic (exact) mass is 459 g/mol. The summed E-state index contributed by atoms with van der Waals surface area (Å²) in [6.07, 6.45) is -6.87. The van der Waals surface area contributed by atoms with Gasteiger partial charge in [0.15, 0.2) is 0 Å². The maximum atomic E-state index is 13.2. The lowest BCUT2D eigenvalue weighted by molar-refractivity contribution is -0.203. The lowest BCUT2D eigenvalue weighted by Crippen LogP contribution is -2.42. The Kier molecular flexibility index (Phi) is 5.98. The molecule has 1 amide bonds. The summed E-state index contributed by atoms with van der Waals surface area (Å²) >= 11 is 0. The maximum absolute atomic E-state index is 13.2. The number of amides is 1. The summed E-state index contributed by atoms with van der Waals surface area (Å²) in [6, 6.07) is 9.16. The normalized spacial score (nSPS) is 21.7. The molecule has 1 heterocycles. The third-order valence-corrected chi connectivity index (χ3v) is 6.34. The summed E-state index contributed by atoms with van der Waals surface area (Å²) in [7, 11) is 0. The van der Waals surface area contributed by atoms with Crippen molar-refractivity contribution in [2.24, 2.45) is 11.8 Å². The van der Waals surface area contributed by atoms with Gasteiger partial charge in [-0.15, -0.1) is 0 Å². The highest BCUT2D eigenvalue weighted by Crippen LogP contribution is 2.46. The fourth-order valence-electron chi connectivity index (χ4n) is 4.31. The highest BCUT2D eigenvalue weighted by molar-refractivity contribution is 5.93. The van der Waals surface area contributed by atoms with Gasteiger partial charge in [-0.25, -0.2) is 4.68 Å². The van der Waals surface area contributed by atoms with Crippen LogP contribution >= 0.6 is 0 Å². The number of rotatable bonds is 6. The van der Waals surface area contributed by atoms with Crippen molar-refractivity contribution in [2.45, 2.75) is 63.3 Å². The van der Waals surface area contributed by atoms with Crippen LogP contribution in [0, 0.1) is 11.8 Å². The van der Waals surface area contributed by atoms with E-state index in [1.807, 2.05) is 30.3 Å². The Bertz CT molecular complexity index is 957. The van der Waals surface area contributed by atoms with Gasteiger partial charge in [-0.05, 0) is 37.2 Å². The Morgan fingerprint density at radius 3 is 2.25 bits per heavy atom. The molecule has 1 N–H and O–H groups in total. The molecule has 0 bridgehead atoms. The molecular weight excluding hydrogens is 436 g/mol. The largest absolute Gasteiger partial charge is 0.408 e. The van der Waals surface area contributed by atoms with Gasteiger partial charge in [0.25, 0.3) is 0 Å². The van der Waals surface area contributed by atoms with Gasteiger partial charge in [-0.2, -0.15) is 31.4 Å². The number of carbonyl (C=O) groups excluding carboxylic acids is 1. The second kappa shape index (κ2) is 8.44. The van der Waals surface area contributed by atoms with E-state index >= 15 is 0 Å². The maximum Gasteiger partial charge on any atom is 0.408 e. The van der Waals surface area contributed by atoms with Crippen LogP contribution in [0.2, 0.25) is 0 Å². The molecule has 2 fully saturated rings. The molecule has 1 aromatic carbocycles. The first-order valence-corrected chi connectivity index (χ1v) is 10.6. The number of anilines is 1. The lowest BCUT2D eigenvalue weighted by atomic mass is 9.74. The van der Waals surface area contributed by atoms with E-state index in [0.717, 1.165) is 29.5 Å². The molecule has 0 atom stereocenters. The molecule has 0 spiro atoms. The second-order valence-corrected chi connectivity index (χ2v) is 8.67. The van der Waals surface area contributed by atoms with Crippen molar-refractivity contribution in [1.82, 2.24) is 9.78 Å². The smallest absolute Gasteiger partial charge is 0.310 e. The number of nitrogens with one attached hydrogen (secondary N) is 1. The Morgan fingerprint density at radius 1 is 1.06 bits per heavy atom. The van der Waals surface area contributed by atoms with E-state index in [-0.39, 0.29) is 24.6 Å². The molecular formula is C22H23F6N3O. The van der Waals surface area contributed by atoms with Crippen LogP contribution in [-0.2, 0) is 17.8 Å². The number of alkyl halides is 6. The number of halogens is 6. The molecule has 2 aliphatic carbocycles. The van der Waals surface area contributed by atoms with Crippen LogP contribution in [0.3, 0.4) is 0 Å². The highest BCUT2D eigenvalue weighted by Gasteiger charge is 2.50. The van der Waals surface area contributed by atoms with E-state index in [0.29, 0.717) is 17.7 Å². The van der Waals surface area contributed by atoms with Crippen LogP contribution in [0.25, 0.3) is 0 Å². The van der Waals surface area contributed by atoms with Crippen LogP contribution in [0.4, 0.5) is 32.2 Å². The predicted octanol–water partition coefficient (Wildman–Crippen LogP) is 5.83.